The molecule has 1 N–H and O–H groups in total. The first kappa shape index (κ1) is 24.4. The molecule has 0 radical (unpaired) electrons. The third-order valence-electron chi connectivity index (χ3n) is 7.60. The van der Waals surface area contributed by atoms with E-state index in [4.69, 9.17) is 0 Å². The Hall–Kier alpha value is -2.69. The van der Waals surface area contributed by atoms with Gasteiger partial charge in [-0.2, -0.15) is 0 Å². The number of piperidine rings is 1. The number of nitrogens with one attached hydrogen (secondary N) is 1. The Kier molecular flexibility index (Phi) is 7.11. The largest absolute Gasteiger partial charge is 0.334 e. The van der Waals surface area contributed by atoms with Crippen molar-refractivity contribution in [3.05, 3.63) is 65.0 Å². The van der Waals surface area contributed by atoms with Gasteiger partial charge in [0.25, 0.3) is 5.91 Å². The summed E-state index contributed by atoms with van der Waals surface area (Å²) in [5.41, 5.74) is 2.72. The van der Waals surface area contributed by atoms with Crippen molar-refractivity contribution in [1.82, 2.24) is 4.90 Å². The van der Waals surface area contributed by atoms with Gasteiger partial charge in [0.2, 0.25) is 5.91 Å². The van der Waals surface area contributed by atoms with Gasteiger partial charge in [0.05, 0.1) is 11.5 Å². The van der Waals surface area contributed by atoms with E-state index in [1.54, 1.807) is 19.1 Å². The molecule has 1 heterocycles. The van der Waals surface area contributed by atoms with Gasteiger partial charge >= 0.3 is 0 Å². The number of amides is 2. The normalized spacial score (nSPS) is 21.5. The molecule has 5 heteroatoms. The Morgan fingerprint density at radius 1 is 1.00 bits per heavy atom. The number of rotatable bonds is 4. The summed E-state index contributed by atoms with van der Waals surface area (Å²) in [6, 6.07) is 12.6. The van der Waals surface area contributed by atoms with Crippen LogP contribution < -0.4 is 5.32 Å². The highest BCUT2D eigenvalue weighted by Crippen LogP contribution is 2.39. The first-order valence-electron chi connectivity index (χ1n) is 12.6. The van der Waals surface area contributed by atoms with Crippen molar-refractivity contribution in [2.75, 3.05) is 11.9 Å². The van der Waals surface area contributed by atoms with Crippen molar-refractivity contribution >= 4 is 17.5 Å². The zero-order valence-electron chi connectivity index (χ0n) is 20.9. The molecule has 2 amide bonds. The van der Waals surface area contributed by atoms with Gasteiger partial charge in [-0.25, -0.2) is 4.39 Å². The summed E-state index contributed by atoms with van der Waals surface area (Å²) >= 11 is 0. The van der Waals surface area contributed by atoms with Crippen LogP contribution in [0.2, 0.25) is 0 Å². The summed E-state index contributed by atoms with van der Waals surface area (Å²) in [6.45, 7) is 8.80. The Morgan fingerprint density at radius 2 is 1.71 bits per heavy atom. The van der Waals surface area contributed by atoms with Gasteiger partial charge in [0.15, 0.2) is 0 Å². The summed E-state index contributed by atoms with van der Waals surface area (Å²) in [6.07, 6.45) is 5.73. The third-order valence-corrected chi connectivity index (χ3v) is 7.60. The SMILES string of the molecule is Cc1cccc(F)c1C(=O)N1CCC[C@H](C(=O)Nc2cccc(C(C)(C)C)c2)C1C1CCCC1. The van der Waals surface area contributed by atoms with E-state index in [-0.39, 0.29) is 40.7 Å². The molecule has 1 saturated carbocycles. The second-order valence-electron chi connectivity index (χ2n) is 11.0. The zero-order chi connectivity index (χ0) is 24.5. The molecule has 4 rings (SSSR count). The molecular weight excluding hydrogens is 427 g/mol. The van der Waals surface area contributed by atoms with Gasteiger partial charge in [-0.15, -0.1) is 0 Å². The van der Waals surface area contributed by atoms with Gasteiger partial charge in [0, 0.05) is 18.3 Å². The van der Waals surface area contributed by atoms with E-state index in [0.29, 0.717) is 12.1 Å². The number of nitrogens with zero attached hydrogens (tertiary/aromatic N) is 1. The van der Waals surface area contributed by atoms with Crippen LogP contribution >= 0.6 is 0 Å². The number of hydrogen-bond donors (Lipinski definition) is 1. The van der Waals surface area contributed by atoms with E-state index in [0.717, 1.165) is 49.8 Å². The number of anilines is 1. The molecule has 182 valence electrons. The maximum Gasteiger partial charge on any atom is 0.257 e. The summed E-state index contributed by atoms with van der Waals surface area (Å²) in [4.78, 5) is 29.1. The topological polar surface area (TPSA) is 49.4 Å². The van der Waals surface area contributed by atoms with Crippen molar-refractivity contribution in [3.63, 3.8) is 0 Å². The molecule has 0 aromatic heterocycles. The first-order chi connectivity index (χ1) is 16.2. The van der Waals surface area contributed by atoms with E-state index in [1.165, 1.54) is 6.07 Å². The maximum absolute atomic E-state index is 14.7. The molecule has 1 unspecified atom stereocenters. The van der Waals surface area contributed by atoms with Gasteiger partial charge in [-0.3, -0.25) is 9.59 Å². The van der Waals surface area contributed by atoms with E-state index >= 15 is 0 Å². The van der Waals surface area contributed by atoms with Gasteiger partial charge in [-0.1, -0.05) is 57.9 Å². The molecule has 1 aliphatic carbocycles. The number of halogens is 1. The minimum atomic E-state index is -0.485. The van der Waals surface area contributed by atoms with Gasteiger partial charge < -0.3 is 10.2 Å². The maximum atomic E-state index is 14.7. The Morgan fingerprint density at radius 3 is 2.38 bits per heavy atom. The molecule has 2 atom stereocenters. The molecule has 2 aromatic rings. The molecule has 4 nitrogen and oxygen atoms in total. The highest BCUT2D eigenvalue weighted by molar-refractivity contribution is 5.98. The molecule has 0 spiro atoms. The third kappa shape index (κ3) is 5.03. The van der Waals surface area contributed by atoms with Crippen LogP contribution in [0.3, 0.4) is 0 Å². The predicted molar refractivity (Wildman–Crippen MR) is 134 cm³/mol. The molecule has 1 aliphatic heterocycles. The Labute approximate surface area is 202 Å². The van der Waals surface area contributed by atoms with E-state index in [9.17, 15) is 14.0 Å². The van der Waals surface area contributed by atoms with Crippen LogP contribution in [0.25, 0.3) is 0 Å². The van der Waals surface area contributed by atoms with Crippen LogP contribution in [0, 0.1) is 24.6 Å². The Bertz CT molecular complexity index is 1030. The lowest BCUT2D eigenvalue weighted by atomic mass is 9.79. The van der Waals surface area contributed by atoms with E-state index < -0.39 is 5.82 Å². The summed E-state index contributed by atoms with van der Waals surface area (Å²) in [5.74, 6) is -0.828. The van der Waals surface area contributed by atoms with Crippen LogP contribution in [0.15, 0.2) is 42.5 Å². The number of hydrogen-bond acceptors (Lipinski definition) is 2. The monoisotopic (exact) mass is 464 g/mol. The second kappa shape index (κ2) is 9.89. The number of likely N-dealkylation sites (tertiary alicyclic amines) is 1. The summed E-state index contributed by atoms with van der Waals surface area (Å²) in [5, 5.41) is 3.15. The molecule has 2 fully saturated rings. The van der Waals surface area contributed by atoms with Crippen LogP contribution in [0.1, 0.15) is 80.8 Å². The molecule has 1 saturated heterocycles. The number of carbonyl (C=O) groups excluding carboxylic acids is 2. The average Bonchev–Trinajstić information content (AvgIpc) is 3.32. The molecule has 2 aliphatic rings. The fourth-order valence-corrected chi connectivity index (χ4v) is 5.77. The van der Waals surface area contributed by atoms with Crippen molar-refractivity contribution in [2.24, 2.45) is 11.8 Å². The van der Waals surface area contributed by atoms with Crippen molar-refractivity contribution in [1.29, 1.82) is 0 Å². The standard InChI is InChI=1S/C29H37FN2O2/c1-19-10-7-16-24(30)25(19)28(34)32-17-9-15-23(26(32)20-11-5-6-12-20)27(33)31-22-14-8-13-21(18-22)29(2,3)4/h7-8,10,13-14,16,18,20,23,26H,5-6,9,11-12,15,17H2,1-4H3,(H,31,33)/t23-,26?/m0/s1. The van der Waals surface area contributed by atoms with Crippen LogP contribution in [0.5, 0.6) is 0 Å². The van der Waals surface area contributed by atoms with Crippen LogP contribution in [0.4, 0.5) is 10.1 Å². The van der Waals surface area contributed by atoms with Crippen molar-refractivity contribution in [3.8, 4) is 0 Å². The summed E-state index contributed by atoms with van der Waals surface area (Å²) < 4.78 is 14.7. The number of carbonyl (C=O) groups is 2. The second-order valence-corrected chi connectivity index (χ2v) is 11.0. The van der Waals surface area contributed by atoms with Gasteiger partial charge in [0.1, 0.15) is 5.82 Å². The van der Waals surface area contributed by atoms with Crippen molar-refractivity contribution < 1.29 is 14.0 Å². The molecular formula is C29H37FN2O2. The molecule has 34 heavy (non-hydrogen) atoms. The average molecular weight is 465 g/mol. The summed E-state index contributed by atoms with van der Waals surface area (Å²) in [7, 11) is 0. The zero-order valence-corrected chi connectivity index (χ0v) is 20.9. The minimum absolute atomic E-state index is 0.0151. The lowest BCUT2D eigenvalue weighted by molar-refractivity contribution is -0.124. The first-order valence-corrected chi connectivity index (χ1v) is 12.6. The highest BCUT2D eigenvalue weighted by atomic mass is 19.1. The quantitative estimate of drug-likeness (QED) is 0.563. The molecule has 0 bridgehead atoms. The number of aryl methyl sites for hydroxylation is 1. The smallest absolute Gasteiger partial charge is 0.257 e. The fourth-order valence-electron chi connectivity index (χ4n) is 5.77. The number of benzene rings is 2. The van der Waals surface area contributed by atoms with E-state index in [2.05, 4.69) is 32.2 Å². The predicted octanol–water partition coefficient (Wildman–Crippen LogP) is 6.48. The Balaban J connectivity index is 1.63. The fraction of sp³-hybridized carbons (Fsp3) is 0.517. The molecule has 2 aromatic carbocycles. The minimum Gasteiger partial charge on any atom is -0.334 e. The lowest BCUT2D eigenvalue weighted by Crippen LogP contribution is -2.55. The lowest BCUT2D eigenvalue weighted by Gasteiger charge is -2.44. The van der Waals surface area contributed by atoms with Crippen LogP contribution in [-0.2, 0) is 10.2 Å². The van der Waals surface area contributed by atoms with E-state index in [1.807, 2.05) is 23.1 Å². The van der Waals surface area contributed by atoms with Crippen molar-refractivity contribution in [2.45, 2.75) is 77.7 Å². The highest BCUT2D eigenvalue weighted by Gasteiger charge is 2.44. The van der Waals surface area contributed by atoms with Crippen LogP contribution in [-0.4, -0.2) is 29.3 Å². The van der Waals surface area contributed by atoms with Gasteiger partial charge in [-0.05, 0) is 73.3 Å².